The van der Waals surface area contributed by atoms with E-state index >= 15 is 0 Å². The Bertz CT molecular complexity index is 1280. The van der Waals surface area contributed by atoms with Crippen LogP contribution in [0.1, 0.15) is 34.7 Å². The molecule has 4 aromatic rings. The van der Waals surface area contributed by atoms with Crippen LogP contribution in [0.2, 0.25) is 0 Å². The number of rotatable bonds is 3. The SMILES string of the molecule is O=C1NC(c2cccc(C#Cc3ccccc3)c2)C(c2nc(-c3ccccn3)no2)O1. The molecule has 2 atom stereocenters. The van der Waals surface area contributed by atoms with E-state index in [0.717, 1.165) is 16.7 Å². The minimum Gasteiger partial charge on any atom is -0.433 e. The average molecular weight is 408 g/mol. The predicted octanol–water partition coefficient (Wildman–Crippen LogP) is 4.05. The fourth-order valence-corrected chi connectivity index (χ4v) is 3.30. The van der Waals surface area contributed by atoms with Crippen molar-refractivity contribution in [2.45, 2.75) is 12.1 Å². The van der Waals surface area contributed by atoms with Gasteiger partial charge in [0.25, 0.3) is 5.89 Å². The molecule has 1 N–H and O–H groups in total. The first-order valence-electron chi connectivity index (χ1n) is 9.65. The van der Waals surface area contributed by atoms with Crippen LogP contribution >= 0.6 is 0 Å². The molecule has 5 rings (SSSR count). The van der Waals surface area contributed by atoms with Crippen LogP contribution in [0, 0.1) is 11.8 Å². The van der Waals surface area contributed by atoms with Gasteiger partial charge < -0.3 is 14.6 Å². The topological polar surface area (TPSA) is 90.1 Å². The molecule has 2 unspecified atom stereocenters. The fourth-order valence-electron chi connectivity index (χ4n) is 3.30. The maximum absolute atomic E-state index is 12.0. The average Bonchev–Trinajstić information content (AvgIpc) is 3.46. The number of ether oxygens (including phenoxy) is 1. The second-order valence-corrected chi connectivity index (χ2v) is 6.86. The summed E-state index contributed by atoms with van der Waals surface area (Å²) in [6.45, 7) is 0. The first-order valence-corrected chi connectivity index (χ1v) is 9.65. The lowest BCUT2D eigenvalue weighted by molar-refractivity contribution is 0.108. The van der Waals surface area contributed by atoms with Crippen molar-refractivity contribution in [2.24, 2.45) is 0 Å². The van der Waals surface area contributed by atoms with Gasteiger partial charge in [-0.15, -0.1) is 0 Å². The summed E-state index contributed by atoms with van der Waals surface area (Å²) in [4.78, 5) is 20.6. The van der Waals surface area contributed by atoms with Crippen molar-refractivity contribution in [1.82, 2.24) is 20.4 Å². The third-order valence-corrected chi connectivity index (χ3v) is 4.76. The third-order valence-electron chi connectivity index (χ3n) is 4.76. The van der Waals surface area contributed by atoms with E-state index in [4.69, 9.17) is 9.26 Å². The van der Waals surface area contributed by atoms with E-state index in [1.165, 1.54) is 0 Å². The Morgan fingerprint density at radius 2 is 1.71 bits per heavy atom. The number of benzene rings is 2. The van der Waals surface area contributed by atoms with Gasteiger partial charge in [0.1, 0.15) is 11.7 Å². The molecule has 0 saturated carbocycles. The Morgan fingerprint density at radius 3 is 2.55 bits per heavy atom. The fraction of sp³-hybridized carbons (Fsp3) is 0.0833. The lowest BCUT2D eigenvalue weighted by Crippen LogP contribution is -2.19. The van der Waals surface area contributed by atoms with E-state index in [1.54, 1.807) is 18.3 Å². The molecule has 150 valence electrons. The van der Waals surface area contributed by atoms with Gasteiger partial charge in [-0.25, -0.2) is 4.79 Å². The number of cyclic esters (lactones) is 1. The maximum Gasteiger partial charge on any atom is 0.408 e. The van der Waals surface area contributed by atoms with E-state index < -0.39 is 18.2 Å². The van der Waals surface area contributed by atoms with Crippen LogP contribution in [0.25, 0.3) is 11.5 Å². The van der Waals surface area contributed by atoms with Gasteiger partial charge in [0.2, 0.25) is 11.9 Å². The van der Waals surface area contributed by atoms with Crippen molar-refractivity contribution in [3.8, 4) is 23.4 Å². The molecular weight excluding hydrogens is 392 g/mol. The van der Waals surface area contributed by atoms with E-state index in [1.807, 2.05) is 60.7 Å². The zero-order valence-electron chi connectivity index (χ0n) is 16.2. The molecule has 1 saturated heterocycles. The molecular formula is C24H16N4O3. The second-order valence-electron chi connectivity index (χ2n) is 6.86. The van der Waals surface area contributed by atoms with Crippen molar-refractivity contribution < 1.29 is 14.1 Å². The van der Waals surface area contributed by atoms with Crippen molar-refractivity contribution in [2.75, 3.05) is 0 Å². The van der Waals surface area contributed by atoms with Gasteiger partial charge in [0.05, 0.1) is 0 Å². The summed E-state index contributed by atoms with van der Waals surface area (Å²) in [5, 5.41) is 6.79. The number of nitrogens with one attached hydrogen (secondary N) is 1. The van der Waals surface area contributed by atoms with E-state index in [0.29, 0.717) is 11.5 Å². The van der Waals surface area contributed by atoms with Crippen LogP contribution in [0.3, 0.4) is 0 Å². The Balaban J connectivity index is 1.43. The molecule has 1 fully saturated rings. The number of alkyl carbamates (subject to hydrolysis) is 1. The highest BCUT2D eigenvalue weighted by molar-refractivity contribution is 5.71. The smallest absolute Gasteiger partial charge is 0.408 e. The van der Waals surface area contributed by atoms with Gasteiger partial charge in [0, 0.05) is 17.3 Å². The second kappa shape index (κ2) is 8.13. The quantitative estimate of drug-likeness (QED) is 0.514. The zero-order chi connectivity index (χ0) is 21.0. The van der Waals surface area contributed by atoms with Crippen molar-refractivity contribution >= 4 is 6.09 Å². The van der Waals surface area contributed by atoms with Crippen LogP contribution in [0.4, 0.5) is 4.79 Å². The molecule has 1 amide bonds. The molecule has 31 heavy (non-hydrogen) atoms. The van der Waals surface area contributed by atoms with Crippen LogP contribution in [0.15, 0.2) is 83.5 Å². The largest absolute Gasteiger partial charge is 0.433 e. The lowest BCUT2D eigenvalue weighted by atomic mass is 10.00. The van der Waals surface area contributed by atoms with Gasteiger partial charge >= 0.3 is 6.09 Å². The number of pyridine rings is 1. The molecule has 0 bridgehead atoms. The molecule has 2 aromatic heterocycles. The minimum atomic E-state index is -0.755. The van der Waals surface area contributed by atoms with Crippen LogP contribution in [0.5, 0.6) is 0 Å². The van der Waals surface area contributed by atoms with Crippen molar-refractivity contribution in [3.05, 3.63) is 102 Å². The molecule has 0 spiro atoms. The Kier molecular flexibility index (Phi) is 4.87. The van der Waals surface area contributed by atoms with E-state index in [9.17, 15) is 4.79 Å². The van der Waals surface area contributed by atoms with Gasteiger partial charge in [-0.1, -0.05) is 53.4 Å². The van der Waals surface area contributed by atoms with Crippen molar-refractivity contribution in [3.63, 3.8) is 0 Å². The van der Waals surface area contributed by atoms with Gasteiger partial charge in [-0.2, -0.15) is 4.98 Å². The number of amides is 1. The summed E-state index contributed by atoms with van der Waals surface area (Å²) >= 11 is 0. The van der Waals surface area contributed by atoms with Gasteiger partial charge in [0.15, 0.2) is 0 Å². The molecule has 0 radical (unpaired) electrons. The summed E-state index contributed by atoms with van der Waals surface area (Å²) in [5.74, 6) is 6.82. The third kappa shape index (κ3) is 4.00. The number of aromatic nitrogens is 3. The number of carbonyl (C=O) groups excluding carboxylic acids is 1. The molecule has 1 aliphatic heterocycles. The van der Waals surface area contributed by atoms with Crippen molar-refractivity contribution in [1.29, 1.82) is 0 Å². The van der Waals surface area contributed by atoms with E-state index in [-0.39, 0.29) is 5.89 Å². The number of hydrogen-bond donors (Lipinski definition) is 1. The van der Waals surface area contributed by atoms with Crippen LogP contribution in [-0.4, -0.2) is 21.2 Å². The summed E-state index contributed by atoms with van der Waals surface area (Å²) in [6.07, 6.45) is 0.343. The Labute approximate surface area is 178 Å². The van der Waals surface area contributed by atoms with Crippen LogP contribution in [-0.2, 0) is 4.74 Å². The lowest BCUT2D eigenvalue weighted by Gasteiger charge is -2.14. The summed E-state index contributed by atoms with van der Waals surface area (Å²) < 4.78 is 10.8. The summed E-state index contributed by atoms with van der Waals surface area (Å²) in [6, 6.07) is 22.3. The highest BCUT2D eigenvalue weighted by Gasteiger charge is 2.40. The Morgan fingerprint density at radius 1 is 0.903 bits per heavy atom. The van der Waals surface area contributed by atoms with E-state index in [2.05, 4.69) is 32.3 Å². The number of hydrogen-bond acceptors (Lipinski definition) is 6. The first kappa shape index (κ1) is 18.6. The minimum absolute atomic E-state index is 0.199. The molecule has 2 aromatic carbocycles. The molecule has 1 aliphatic rings. The number of carbonyl (C=O) groups is 1. The predicted molar refractivity (Wildman–Crippen MR) is 111 cm³/mol. The van der Waals surface area contributed by atoms with Gasteiger partial charge in [-0.3, -0.25) is 4.98 Å². The summed E-state index contributed by atoms with van der Waals surface area (Å²) in [7, 11) is 0. The number of nitrogens with zero attached hydrogens (tertiary/aromatic N) is 3. The highest BCUT2D eigenvalue weighted by Crippen LogP contribution is 2.36. The maximum atomic E-state index is 12.0. The molecule has 3 heterocycles. The zero-order valence-corrected chi connectivity index (χ0v) is 16.2. The first-order chi connectivity index (χ1) is 15.3. The monoisotopic (exact) mass is 408 g/mol. The summed E-state index contributed by atoms with van der Waals surface area (Å²) in [5.41, 5.74) is 3.15. The molecule has 7 nitrogen and oxygen atoms in total. The standard InChI is InChI=1S/C24H16N4O3/c29-24-26-20(18-10-6-9-17(15-18)13-12-16-7-2-1-3-8-16)21(30-24)23-27-22(28-31-23)19-11-4-5-14-25-19/h1-11,14-15,20-21H,(H,26,29). The molecule has 7 heteroatoms. The highest BCUT2D eigenvalue weighted by atomic mass is 16.6. The Hall–Kier alpha value is -4.44. The normalized spacial score (nSPS) is 17.4. The molecule has 0 aliphatic carbocycles. The van der Waals surface area contributed by atoms with Gasteiger partial charge in [-0.05, 0) is 42.0 Å². The van der Waals surface area contributed by atoms with Crippen LogP contribution < -0.4 is 5.32 Å².